The van der Waals surface area contributed by atoms with Crippen LogP contribution in [-0.4, -0.2) is 16.2 Å². The summed E-state index contributed by atoms with van der Waals surface area (Å²) in [6.07, 6.45) is 0. The van der Waals surface area contributed by atoms with E-state index in [1.54, 1.807) is 11.3 Å². The summed E-state index contributed by atoms with van der Waals surface area (Å²) < 4.78 is 0. The number of hydrogen-bond donors (Lipinski definition) is 2. The Hall–Kier alpha value is -1.95. The van der Waals surface area contributed by atoms with Gasteiger partial charge in [-0.25, -0.2) is 4.99 Å². The van der Waals surface area contributed by atoms with E-state index in [0.29, 0.717) is 18.4 Å². The molecule has 0 saturated carbocycles. The Balaban J connectivity index is 1.98. The fourth-order valence-electron chi connectivity index (χ4n) is 1.72. The van der Waals surface area contributed by atoms with Gasteiger partial charge in [-0.2, -0.15) is 0 Å². The molecule has 6 heteroatoms. The molecule has 5 nitrogen and oxygen atoms in total. The van der Waals surface area contributed by atoms with E-state index in [0.717, 1.165) is 15.7 Å². The molecule has 21 heavy (non-hydrogen) atoms. The number of hydrogen-bond acceptors (Lipinski definition) is 4. The zero-order valence-corrected chi connectivity index (χ0v) is 13.7. The number of aromatic nitrogens is 2. The SMILES string of the molecule is Cc1ccc(NC(N)=NCc2nnc(C(C)C)s2)cc1C. The topological polar surface area (TPSA) is 76.2 Å². The lowest BCUT2D eigenvalue weighted by Gasteiger charge is -2.07. The Morgan fingerprint density at radius 1 is 1.29 bits per heavy atom. The van der Waals surface area contributed by atoms with E-state index in [1.165, 1.54) is 11.1 Å². The van der Waals surface area contributed by atoms with Crippen LogP contribution in [0.15, 0.2) is 23.2 Å². The van der Waals surface area contributed by atoms with Gasteiger partial charge in [0.2, 0.25) is 0 Å². The maximum Gasteiger partial charge on any atom is 0.193 e. The Morgan fingerprint density at radius 3 is 2.67 bits per heavy atom. The zero-order chi connectivity index (χ0) is 15.4. The van der Waals surface area contributed by atoms with Crippen LogP contribution in [0.1, 0.15) is 40.9 Å². The van der Waals surface area contributed by atoms with E-state index >= 15 is 0 Å². The first-order chi connectivity index (χ1) is 9.95. The minimum absolute atomic E-state index is 0.388. The Labute approximate surface area is 129 Å². The van der Waals surface area contributed by atoms with E-state index in [4.69, 9.17) is 5.73 Å². The number of guanidine groups is 1. The molecule has 112 valence electrons. The van der Waals surface area contributed by atoms with Crippen molar-refractivity contribution in [3.63, 3.8) is 0 Å². The van der Waals surface area contributed by atoms with Gasteiger partial charge < -0.3 is 11.1 Å². The van der Waals surface area contributed by atoms with Crippen LogP contribution in [0.25, 0.3) is 0 Å². The van der Waals surface area contributed by atoms with Gasteiger partial charge in [0.15, 0.2) is 5.96 Å². The molecule has 0 atom stereocenters. The third-order valence-corrected chi connectivity index (χ3v) is 4.35. The van der Waals surface area contributed by atoms with Crippen molar-refractivity contribution in [3.8, 4) is 0 Å². The number of rotatable bonds is 4. The van der Waals surface area contributed by atoms with Crippen molar-refractivity contribution >= 4 is 23.0 Å². The van der Waals surface area contributed by atoms with Crippen molar-refractivity contribution in [1.82, 2.24) is 10.2 Å². The van der Waals surface area contributed by atoms with Crippen LogP contribution in [0.3, 0.4) is 0 Å². The van der Waals surface area contributed by atoms with Gasteiger partial charge in [-0.05, 0) is 37.1 Å². The van der Waals surface area contributed by atoms with Gasteiger partial charge in [0.1, 0.15) is 10.0 Å². The molecule has 0 spiro atoms. The largest absolute Gasteiger partial charge is 0.370 e. The quantitative estimate of drug-likeness (QED) is 0.671. The van der Waals surface area contributed by atoms with Crippen molar-refractivity contribution in [2.75, 3.05) is 5.32 Å². The van der Waals surface area contributed by atoms with Crippen LogP contribution in [0.5, 0.6) is 0 Å². The van der Waals surface area contributed by atoms with Crippen molar-refractivity contribution in [2.45, 2.75) is 40.2 Å². The molecule has 1 aromatic heterocycles. The van der Waals surface area contributed by atoms with E-state index in [9.17, 15) is 0 Å². The smallest absolute Gasteiger partial charge is 0.193 e. The standard InChI is InChI=1S/C15H21N5S/c1-9(2)14-20-19-13(21-14)8-17-15(16)18-12-6-5-10(3)11(4)7-12/h5-7,9H,8H2,1-4H3,(H3,16,17,18). The lowest BCUT2D eigenvalue weighted by atomic mass is 10.1. The second-order valence-electron chi connectivity index (χ2n) is 5.31. The molecule has 3 N–H and O–H groups in total. The number of anilines is 1. The summed E-state index contributed by atoms with van der Waals surface area (Å²) in [5, 5.41) is 13.3. The van der Waals surface area contributed by atoms with Crippen LogP contribution in [0.2, 0.25) is 0 Å². The molecule has 2 rings (SSSR count). The van der Waals surface area contributed by atoms with Crippen molar-refractivity contribution in [2.24, 2.45) is 10.7 Å². The number of nitrogens with zero attached hydrogens (tertiary/aromatic N) is 3. The average molecular weight is 303 g/mol. The van der Waals surface area contributed by atoms with Crippen LogP contribution < -0.4 is 11.1 Å². The number of aliphatic imine (C=N–C) groups is 1. The normalized spacial score (nSPS) is 12.0. The third kappa shape index (κ3) is 4.26. The van der Waals surface area contributed by atoms with Gasteiger partial charge in [-0.1, -0.05) is 31.3 Å². The maximum atomic E-state index is 5.90. The van der Waals surface area contributed by atoms with E-state index < -0.39 is 0 Å². The van der Waals surface area contributed by atoms with Gasteiger partial charge in [0.05, 0.1) is 6.54 Å². The first-order valence-electron chi connectivity index (χ1n) is 6.92. The van der Waals surface area contributed by atoms with Gasteiger partial charge >= 0.3 is 0 Å². The van der Waals surface area contributed by atoms with Crippen molar-refractivity contribution < 1.29 is 0 Å². The summed E-state index contributed by atoms with van der Waals surface area (Å²) in [6.45, 7) is 8.81. The fraction of sp³-hybridized carbons (Fsp3) is 0.400. The highest BCUT2D eigenvalue weighted by atomic mass is 32.1. The first kappa shape index (κ1) is 15.4. The van der Waals surface area contributed by atoms with Crippen LogP contribution >= 0.6 is 11.3 Å². The molecule has 0 radical (unpaired) electrons. The minimum atomic E-state index is 0.388. The van der Waals surface area contributed by atoms with Gasteiger partial charge in [-0.3, -0.25) is 0 Å². The average Bonchev–Trinajstić information content (AvgIpc) is 2.90. The molecule has 0 saturated heterocycles. The predicted molar refractivity (Wildman–Crippen MR) is 88.9 cm³/mol. The molecule has 0 aliphatic heterocycles. The molecular formula is C15H21N5S. The minimum Gasteiger partial charge on any atom is -0.370 e. The molecule has 1 aromatic carbocycles. The van der Waals surface area contributed by atoms with Gasteiger partial charge in [0.25, 0.3) is 0 Å². The predicted octanol–water partition coefficient (Wildman–Crippen LogP) is 3.21. The summed E-state index contributed by atoms with van der Waals surface area (Å²) in [5.41, 5.74) is 9.32. The second-order valence-corrected chi connectivity index (χ2v) is 6.41. The lowest BCUT2D eigenvalue weighted by molar-refractivity contribution is 0.816. The lowest BCUT2D eigenvalue weighted by Crippen LogP contribution is -2.22. The summed E-state index contributed by atoms with van der Waals surface area (Å²) in [5.74, 6) is 0.783. The van der Waals surface area contributed by atoms with Crippen LogP contribution in [0, 0.1) is 13.8 Å². The molecule has 0 fully saturated rings. The summed E-state index contributed by atoms with van der Waals surface area (Å²) in [6, 6.07) is 6.11. The van der Waals surface area contributed by atoms with Crippen LogP contribution in [-0.2, 0) is 6.54 Å². The molecule has 0 aliphatic carbocycles. The molecule has 1 heterocycles. The van der Waals surface area contributed by atoms with Crippen molar-refractivity contribution in [1.29, 1.82) is 0 Å². The van der Waals surface area contributed by atoms with Gasteiger partial charge in [-0.15, -0.1) is 10.2 Å². The molecule has 0 unspecified atom stereocenters. The van der Waals surface area contributed by atoms with E-state index in [1.807, 2.05) is 6.07 Å². The second kappa shape index (κ2) is 6.67. The maximum absolute atomic E-state index is 5.90. The van der Waals surface area contributed by atoms with Crippen LogP contribution in [0.4, 0.5) is 5.69 Å². The number of benzene rings is 1. The first-order valence-corrected chi connectivity index (χ1v) is 7.74. The molecule has 0 aliphatic rings. The number of nitrogens with two attached hydrogens (primary N) is 1. The molecule has 0 bridgehead atoms. The fourth-order valence-corrected chi connectivity index (χ4v) is 2.49. The Morgan fingerprint density at radius 2 is 2.05 bits per heavy atom. The van der Waals surface area contributed by atoms with Crippen molar-refractivity contribution in [3.05, 3.63) is 39.3 Å². The molecule has 0 amide bonds. The highest BCUT2D eigenvalue weighted by Crippen LogP contribution is 2.19. The summed E-state index contributed by atoms with van der Waals surface area (Å²) in [7, 11) is 0. The van der Waals surface area contributed by atoms with E-state index in [2.05, 4.69) is 60.3 Å². The van der Waals surface area contributed by atoms with E-state index in [-0.39, 0.29) is 0 Å². The monoisotopic (exact) mass is 303 g/mol. The number of nitrogens with one attached hydrogen (secondary N) is 1. The zero-order valence-electron chi connectivity index (χ0n) is 12.8. The summed E-state index contributed by atoms with van der Waals surface area (Å²) >= 11 is 1.58. The third-order valence-electron chi connectivity index (χ3n) is 3.14. The highest BCUT2D eigenvalue weighted by molar-refractivity contribution is 7.11. The molecular weight excluding hydrogens is 282 g/mol. The Bertz CT molecular complexity index is 645. The molecule has 2 aromatic rings. The van der Waals surface area contributed by atoms with Gasteiger partial charge in [0, 0.05) is 11.6 Å². The highest BCUT2D eigenvalue weighted by Gasteiger charge is 2.07. The summed E-state index contributed by atoms with van der Waals surface area (Å²) in [4.78, 5) is 4.31. The Kier molecular flexibility index (Phi) is 4.90. The number of aryl methyl sites for hydroxylation is 2.